The minimum atomic E-state index is -0.177. The van der Waals surface area contributed by atoms with Gasteiger partial charge in [-0.1, -0.05) is 6.92 Å². The normalized spacial score (nSPS) is 40.6. The Morgan fingerprint density at radius 3 is 2.93 bits per heavy atom. The van der Waals surface area contributed by atoms with Gasteiger partial charge in [-0.3, -0.25) is 4.79 Å². The SMILES string of the molecule is CC(=O)CC[C@]1(C)CC[C@@H]2C[C@@H]2C1=O. The third-order valence-corrected chi connectivity index (χ3v) is 3.95. The average molecular weight is 194 g/mol. The molecule has 0 radical (unpaired) electrons. The lowest BCUT2D eigenvalue weighted by Gasteiger charge is -2.31. The van der Waals surface area contributed by atoms with Crippen molar-refractivity contribution in [1.29, 1.82) is 0 Å². The second-order valence-electron chi connectivity index (χ2n) is 5.27. The lowest BCUT2D eigenvalue weighted by Crippen LogP contribution is -2.33. The van der Waals surface area contributed by atoms with Crippen molar-refractivity contribution < 1.29 is 9.59 Å². The van der Waals surface area contributed by atoms with Gasteiger partial charge >= 0.3 is 0 Å². The molecule has 78 valence electrons. The predicted molar refractivity (Wildman–Crippen MR) is 53.9 cm³/mol. The first-order valence-corrected chi connectivity index (χ1v) is 5.57. The van der Waals surface area contributed by atoms with Crippen LogP contribution >= 0.6 is 0 Å². The van der Waals surface area contributed by atoms with Gasteiger partial charge in [0.1, 0.15) is 11.6 Å². The highest BCUT2D eigenvalue weighted by Gasteiger charge is 2.53. The number of Topliss-reactive ketones (excluding diaryl/α,β-unsaturated/α-hetero) is 2. The van der Waals surface area contributed by atoms with Crippen LogP contribution in [0, 0.1) is 17.3 Å². The van der Waals surface area contributed by atoms with E-state index in [9.17, 15) is 9.59 Å². The minimum Gasteiger partial charge on any atom is -0.300 e. The Balaban J connectivity index is 1.99. The monoisotopic (exact) mass is 194 g/mol. The predicted octanol–water partition coefficient (Wildman–Crippen LogP) is 2.36. The van der Waals surface area contributed by atoms with E-state index >= 15 is 0 Å². The fourth-order valence-electron chi connectivity index (χ4n) is 2.66. The van der Waals surface area contributed by atoms with Crippen molar-refractivity contribution in [3.8, 4) is 0 Å². The summed E-state index contributed by atoms with van der Waals surface area (Å²) in [6.07, 6.45) is 4.66. The molecule has 0 aromatic heterocycles. The molecule has 3 atom stereocenters. The van der Waals surface area contributed by atoms with Crippen LogP contribution in [0.15, 0.2) is 0 Å². The number of rotatable bonds is 3. The largest absolute Gasteiger partial charge is 0.300 e. The third kappa shape index (κ3) is 1.62. The molecular weight excluding hydrogens is 176 g/mol. The molecule has 0 unspecified atom stereocenters. The maximum atomic E-state index is 12.0. The van der Waals surface area contributed by atoms with E-state index in [1.54, 1.807) is 6.92 Å². The van der Waals surface area contributed by atoms with E-state index in [2.05, 4.69) is 0 Å². The minimum absolute atomic E-state index is 0.177. The van der Waals surface area contributed by atoms with E-state index in [1.165, 1.54) is 6.42 Å². The van der Waals surface area contributed by atoms with Crippen LogP contribution in [0.2, 0.25) is 0 Å². The number of hydrogen-bond donors (Lipinski definition) is 0. The molecule has 2 rings (SSSR count). The molecule has 2 heteroatoms. The summed E-state index contributed by atoms with van der Waals surface area (Å²) >= 11 is 0. The van der Waals surface area contributed by atoms with Crippen molar-refractivity contribution in [1.82, 2.24) is 0 Å². The van der Waals surface area contributed by atoms with Crippen molar-refractivity contribution in [2.45, 2.75) is 46.0 Å². The van der Waals surface area contributed by atoms with E-state index in [4.69, 9.17) is 0 Å². The fourth-order valence-corrected chi connectivity index (χ4v) is 2.66. The molecule has 14 heavy (non-hydrogen) atoms. The average Bonchev–Trinajstić information content (AvgIpc) is 2.89. The topological polar surface area (TPSA) is 34.1 Å². The number of fused-ring (bicyclic) bond motifs is 1. The first kappa shape index (κ1) is 9.88. The summed E-state index contributed by atoms with van der Waals surface area (Å²) in [7, 11) is 0. The summed E-state index contributed by atoms with van der Waals surface area (Å²) in [5, 5.41) is 0. The maximum absolute atomic E-state index is 12.0. The molecule has 2 fully saturated rings. The molecule has 0 saturated heterocycles. The summed E-state index contributed by atoms with van der Waals surface area (Å²) in [5.74, 6) is 1.71. The molecule has 2 aliphatic carbocycles. The Kier molecular flexibility index (Phi) is 2.24. The summed E-state index contributed by atoms with van der Waals surface area (Å²) in [4.78, 5) is 22.9. The van der Waals surface area contributed by atoms with Gasteiger partial charge in [0.05, 0.1) is 0 Å². The zero-order valence-electron chi connectivity index (χ0n) is 9.01. The Morgan fingerprint density at radius 2 is 2.29 bits per heavy atom. The molecule has 0 heterocycles. The van der Waals surface area contributed by atoms with Gasteiger partial charge in [0.2, 0.25) is 0 Å². The summed E-state index contributed by atoms with van der Waals surface area (Å²) in [6.45, 7) is 3.66. The van der Waals surface area contributed by atoms with Crippen LogP contribution in [0.1, 0.15) is 46.0 Å². The van der Waals surface area contributed by atoms with Crippen LogP contribution < -0.4 is 0 Å². The quantitative estimate of drug-likeness (QED) is 0.691. The van der Waals surface area contributed by atoms with E-state index in [0.717, 1.165) is 19.3 Å². The van der Waals surface area contributed by atoms with Crippen LogP contribution in [0.5, 0.6) is 0 Å². The molecular formula is C12H18O2. The van der Waals surface area contributed by atoms with Gasteiger partial charge in [0.15, 0.2) is 0 Å². The fraction of sp³-hybridized carbons (Fsp3) is 0.833. The van der Waals surface area contributed by atoms with E-state index in [-0.39, 0.29) is 11.2 Å². The second kappa shape index (κ2) is 3.18. The number of hydrogen-bond acceptors (Lipinski definition) is 2. The number of carbonyl (C=O) groups excluding carboxylic acids is 2. The summed E-state index contributed by atoms with van der Waals surface area (Å²) in [6, 6.07) is 0. The molecule has 0 aromatic rings. The Labute approximate surface area is 85.1 Å². The van der Waals surface area contributed by atoms with Crippen molar-refractivity contribution >= 4 is 11.6 Å². The molecule has 0 aromatic carbocycles. The molecule has 0 bridgehead atoms. The molecule has 0 amide bonds. The van der Waals surface area contributed by atoms with Crippen LogP contribution in [0.25, 0.3) is 0 Å². The lowest BCUT2D eigenvalue weighted by atomic mass is 9.71. The highest BCUT2D eigenvalue weighted by Crippen LogP contribution is 2.54. The van der Waals surface area contributed by atoms with Crippen LogP contribution in [0.3, 0.4) is 0 Å². The first-order valence-electron chi connectivity index (χ1n) is 5.57. The van der Waals surface area contributed by atoms with E-state index < -0.39 is 0 Å². The van der Waals surface area contributed by atoms with Crippen LogP contribution in [-0.2, 0) is 9.59 Å². The maximum Gasteiger partial charge on any atom is 0.142 e. The molecule has 2 saturated carbocycles. The highest BCUT2D eigenvalue weighted by atomic mass is 16.1. The Morgan fingerprint density at radius 1 is 1.57 bits per heavy atom. The highest BCUT2D eigenvalue weighted by molar-refractivity contribution is 5.90. The molecule has 2 aliphatic rings. The van der Waals surface area contributed by atoms with Gasteiger partial charge < -0.3 is 4.79 Å². The van der Waals surface area contributed by atoms with Gasteiger partial charge in [-0.25, -0.2) is 0 Å². The lowest BCUT2D eigenvalue weighted by molar-refractivity contribution is -0.132. The van der Waals surface area contributed by atoms with Crippen molar-refractivity contribution in [3.05, 3.63) is 0 Å². The van der Waals surface area contributed by atoms with Crippen molar-refractivity contribution in [2.75, 3.05) is 0 Å². The molecule has 0 aliphatic heterocycles. The number of carbonyl (C=O) groups is 2. The standard InChI is InChI=1S/C12H18O2/c1-8(13)3-5-12(2)6-4-9-7-10(9)11(12)14/h9-10H,3-7H2,1-2H3/t9-,10+,12-/m1/s1. The molecule has 0 spiro atoms. The number of ketones is 2. The first-order chi connectivity index (χ1) is 6.53. The zero-order valence-corrected chi connectivity index (χ0v) is 9.01. The van der Waals surface area contributed by atoms with Gasteiger partial charge in [-0.05, 0) is 38.5 Å². The van der Waals surface area contributed by atoms with Gasteiger partial charge in [-0.15, -0.1) is 0 Å². The third-order valence-electron chi connectivity index (χ3n) is 3.95. The van der Waals surface area contributed by atoms with Gasteiger partial charge in [0.25, 0.3) is 0 Å². The van der Waals surface area contributed by atoms with Crippen molar-refractivity contribution in [2.24, 2.45) is 17.3 Å². The molecule has 2 nitrogen and oxygen atoms in total. The van der Waals surface area contributed by atoms with Crippen LogP contribution in [-0.4, -0.2) is 11.6 Å². The van der Waals surface area contributed by atoms with Gasteiger partial charge in [0, 0.05) is 17.8 Å². The Bertz CT molecular complexity index is 282. The van der Waals surface area contributed by atoms with Crippen molar-refractivity contribution in [3.63, 3.8) is 0 Å². The Hall–Kier alpha value is -0.660. The molecule has 0 N–H and O–H groups in total. The zero-order chi connectivity index (χ0) is 10.3. The summed E-state index contributed by atoms with van der Waals surface area (Å²) < 4.78 is 0. The summed E-state index contributed by atoms with van der Waals surface area (Å²) in [5.41, 5.74) is -0.177. The smallest absolute Gasteiger partial charge is 0.142 e. The van der Waals surface area contributed by atoms with Crippen LogP contribution in [0.4, 0.5) is 0 Å². The second-order valence-corrected chi connectivity index (χ2v) is 5.27. The van der Waals surface area contributed by atoms with Gasteiger partial charge in [-0.2, -0.15) is 0 Å². The van der Waals surface area contributed by atoms with E-state index in [0.29, 0.717) is 24.0 Å². The van der Waals surface area contributed by atoms with E-state index in [1.807, 2.05) is 6.92 Å².